The summed E-state index contributed by atoms with van der Waals surface area (Å²) < 4.78 is 9.79. The molecule has 0 aliphatic heterocycles. The van der Waals surface area contributed by atoms with Gasteiger partial charge in [-0.05, 0) is 24.3 Å². The number of urea groups is 1. The summed E-state index contributed by atoms with van der Waals surface area (Å²) >= 11 is 12.0. The topological polar surface area (TPSA) is 76.7 Å². The molecule has 0 atom stereocenters. The molecule has 0 aliphatic rings. The highest BCUT2D eigenvalue weighted by Crippen LogP contribution is 2.31. The van der Waals surface area contributed by atoms with Crippen molar-refractivity contribution >= 4 is 46.6 Å². The molecule has 6 nitrogen and oxygen atoms in total. The average molecular weight is 369 g/mol. The molecular weight excluding hydrogens is 355 g/mol. The lowest BCUT2D eigenvalue weighted by Crippen LogP contribution is -2.20. The Morgan fingerprint density at radius 2 is 1.79 bits per heavy atom. The van der Waals surface area contributed by atoms with Crippen LogP contribution in [0.3, 0.4) is 0 Å². The lowest BCUT2D eigenvalue weighted by molar-refractivity contribution is 0.0597. The van der Waals surface area contributed by atoms with E-state index in [0.29, 0.717) is 10.7 Å². The summed E-state index contributed by atoms with van der Waals surface area (Å²) in [6.45, 7) is 0. The van der Waals surface area contributed by atoms with Crippen LogP contribution in [0.1, 0.15) is 10.4 Å². The van der Waals surface area contributed by atoms with E-state index in [2.05, 4.69) is 15.4 Å². The van der Waals surface area contributed by atoms with Crippen LogP contribution in [0.2, 0.25) is 10.0 Å². The molecule has 0 radical (unpaired) electrons. The zero-order valence-electron chi connectivity index (χ0n) is 12.9. The Labute approximate surface area is 148 Å². The smallest absolute Gasteiger partial charge is 0.341 e. The highest BCUT2D eigenvalue weighted by Gasteiger charge is 2.17. The van der Waals surface area contributed by atoms with E-state index in [1.54, 1.807) is 24.3 Å². The number of nitrogens with one attached hydrogen (secondary N) is 2. The van der Waals surface area contributed by atoms with Crippen LogP contribution in [-0.2, 0) is 4.74 Å². The quantitative estimate of drug-likeness (QED) is 0.782. The number of carbonyl (C=O) groups is 2. The van der Waals surface area contributed by atoms with Gasteiger partial charge in [0, 0.05) is 16.8 Å². The number of anilines is 2. The maximum absolute atomic E-state index is 12.1. The predicted molar refractivity (Wildman–Crippen MR) is 93.4 cm³/mol. The molecule has 0 aliphatic carbocycles. The second-order valence-corrected chi connectivity index (χ2v) is 5.46. The summed E-state index contributed by atoms with van der Waals surface area (Å²) in [7, 11) is 2.64. The van der Waals surface area contributed by atoms with Crippen molar-refractivity contribution in [1.29, 1.82) is 0 Å². The zero-order valence-corrected chi connectivity index (χ0v) is 14.4. The van der Waals surface area contributed by atoms with E-state index in [0.717, 1.165) is 0 Å². The molecular formula is C16H14Cl2N2O4. The number of ether oxygens (including phenoxy) is 2. The Hall–Kier alpha value is -2.44. The number of rotatable bonds is 4. The van der Waals surface area contributed by atoms with Crippen molar-refractivity contribution in [2.45, 2.75) is 0 Å². The fraction of sp³-hybridized carbons (Fsp3) is 0.125. The second kappa shape index (κ2) is 7.90. The minimum Gasteiger partial charge on any atom is -0.496 e. The van der Waals surface area contributed by atoms with Gasteiger partial charge in [0.15, 0.2) is 0 Å². The third-order valence-electron chi connectivity index (χ3n) is 3.03. The lowest BCUT2D eigenvalue weighted by atomic mass is 10.2. The van der Waals surface area contributed by atoms with Gasteiger partial charge in [0.25, 0.3) is 0 Å². The normalized spacial score (nSPS) is 10.0. The van der Waals surface area contributed by atoms with Gasteiger partial charge < -0.3 is 20.1 Å². The fourth-order valence-corrected chi connectivity index (χ4v) is 2.34. The largest absolute Gasteiger partial charge is 0.496 e. The molecule has 0 unspecified atom stereocenters. The first-order valence-corrected chi connectivity index (χ1v) is 7.49. The summed E-state index contributed by atoms with van der Waals surface area (Å²) in [5.41, 5.74) is 0.959. The lowest BCUT2D eigenvalue weighted by Gasteiger charge is -2.13. The Balaban J connectivity index is 2.20. The van der Waals surface area contributed by atoms with Crippen LogP contribution in [0.5, 0.6) is 5.75 Å². The van der Waals surface area contributed by atoms with Crippen LogP contribution in [0.25, 0.3) is 0 Å². The molecule has 2 amide bonds. The van der Waals surface area contributed by atoms with Gasteiger partial charge in [-0.1, -0.05) is 29.3 Å². The predicted octanol–water partition coefficient (Wildman–Crippen LogP) is 4.43. The van der Waals surface area contributed by atoms with Crippen molar-refractivity contribution in [3.63, 3.8) is 0 Å². The number of halogens is 2. The van der Waals surface area contributed by atoms with Gasteiger partial charge >= 0.3 is 12.0 Å². The van der Waals surface area contributed by atoms with Crippen LogP contribution in [-0.4, -0.2) is 26.2 Å². The summed E-state index contributed by atoms with van der Waals surface area (Å²) in [6.07, 6.45) is 0. The number of benzene rings is 2. The van der Waals surface area contributed by atoms with Gasteiger partial charge in [-0.3, -0.25) is 0 Å². The average Bonchev–Trinajstić information content (AvgIpc) is 2.55. The molecule has 126 valence electrons. The van der Waals surface area contributed by atoms with E-state index in [-0.39, 0.29) is 22.0 Å². The Bertz CT molecular complexity index is 781. The molecule has 0 heterocycles. The SMILES string of the molecule is COC(=O)c1cc(Cl)c(NC(=O)Nc2cccc(Cl)c2)cc1OC. The maximum Gasteiger partial charge on any atom is 0.341 e. The van der Waals surface area contributed by atoms with E-state index >= 15 is 0 Å². The first kappa shape index (κ1) is 17.9. The zero-order chi connectivity index (χ0) is 17.7. The van der Waals surface area contributed by atoms with E-state index in [1.165, 1.54) is 26.4 Å². The van der Waals surface area contributed by atoms with Crippen LogP contribution in [0.15, 0.2) is 36.4 Å². The van der Waals surface area contributed by atoms with Crippen LogP contribution >= 0.6 is 23.2 Å². The van der Waals surface area contributed by atoms with Crippen molar-refractivity contribution in [3.8, 4) is 5.75 Å². The fourth-order valence-electron chi connectivity index (χ4n) is 1.94. The Morgan fingerprint density at radius 1 is 1.04 bits per heavy atom. The number of esters is 1. The summed E-state index contributed by atoms with van der Waals surface area (Å²) in [5.74, 6) is -0.368. The molecule has 0 bridgehead atoms. The molecule has 2 aromatic carbocycles. The second-order valence-electron chi connectivity index (χ2n) is 4.61. The van der Waals surface area contributed by atoms with Gasteiger partial charge in [0.1, 0.15) is 11.3 Å². The summed E-state index contributed by atoms with van der Waals surface area (Å²) in [6, 6.07) is 8.97. The molecule has 0 saturated heterocycles. The monoisotopic (exact) mass is 368 g/mol. The first-order chi connectivity index (χ1) is 11.4. The standard InChI is InChI=1S/C16H14Cl2N2O4/c1-23-14-8-13(12(18)7-11(14)15(21)24-2)20-16(22)19-10-5-3-4-9(17)6-10/h3-8H,1-2H3,(H2,19,20,22). The number of carbonyl (C=O) groups excluding carboxylic acids is 2. The van der Waals surface area contributed by atoms with Gasteiger partial charge in [-0.25, -0.2) is 9.59 Å². The van der Waals surface area contributed by atoms with Gasteiger partial charge in [-0.2, -0.15) is 0 Å². The highest BCUT2D eigenvalue weighted by atomic mass is 35.5. The van der Waals surface area contributed by atoms with Crippen LogP contribution < -0.4 is 15.4 Å². The molecule has 0 saturated carbocycles. The van der Waals surface area contributed by atoms with Crippen molar-refractivity contribution in [3.05, 3.63) is 52.0 Å². The third kappa shape index (κ3) is 4.31. The van der Waals surface area contributed by atoms with Crippen molar-refractivity contribution < 1.29 is 19.1 Å². The van der Waals surface area contributed by atoms with Crippen molar-refractivity contribution in [2.24, 2.45) is 0 Å². The minimum absolute atomic E-state index is 0.158. The van der Waals surface area contributed by atoms with E-state index in [9.17, 15) is 9.59 Å². The third-order valence-corrected chi connectivity index (χ3v) is 3.57. The van der Waals surface area contributed by atoms with E-state index in [1.807, 2.05) is 0 Å². The molecule has 2 aromatic rings. The molecule has 0 fully saturated rings. The highest BCUT2D eigenvalue weighted by molar-refractivity contribution is 6.34. The number of amides is 2. The van der Waals surface area contributed by atoms with Crippen LogP contribution in [0.4, 0.5) is 16.2 Å². The number of methoxy groups -OCH3 is 2. The van der Waals surface area contributed by atoms with Crippen molar-refractivity contribution in [2.75, 3.05) is 24.9 Å². The number of hydrogen-bond acceptors (Lipinski definition) is 4. The molecule has 2 N–H and O–H groups in total. The number of hydrogen-bond donors (Lipinski definition) is 2. The first-order valence-electron chi connectivity index (χ1n) is 6.74. The Morgan fingerprint density at radius 3 is 2.42 bits per heavy atom. The molecule has 0 aromatic heterocycles. The Kier molecular flexibility index (Phi) is 5.89. The molecule has 0 spiro atoms. The molecule has 2 rings (SSSR count). The van der Waals surface area contributed by atoms with Crippen LogP contribution in [0, 0.1) is 0 Å². The van der Waals surface area contributed by atoms with Gasteiger partial charge in [-0.15, -0.1) is 0 Å². The van der Waals surface area contributed by atoms with Gasteiger partial charge in [0.05, 0.1) is 24.9 Å². The summed E-state index contributed by atoms with van der Waals surface area (Å²) in [4.78, 5) is 23.7. The van der Waals surface area contributed by atoms with E-state index < -0.39 is 12.0 Å². The minimum atomic E-state index is -0.594. The van der Waals surface area contributed by atoms with Crippen molar-refractivity contribution in [1.82, 2.24) is 0 Å². The van der Waals surface area contributed by atoms with E-state index in [4.69, 9.17) is 27.9 Å². The maximum atomic E-state index is 12.1. The van der Waals surface area contributed by atoms with Gasteiger partial charge in [0.2, 0.25) is 0 Å². The summed E-state index contributed by atoms with van der Waals surface area (Å²) in [5, 5.41) is 5.86. The molecule has 8 heteroatoms. The molecule has 24 heavy (non-hydrogen) atoms.